The number of nitrogens with one attached hydrogen (secondary N) is 2. The number of amides is 1. The third-order valence-corrected chi connectivity index (χ3v) is 4.65. The van der Waals surface area contributed by atoms with E-state index in [2.05, 4.69) is 10.6 Å². The van der Waals surface area contributed by atoms with Crippen molar-refractivity contribution < 1.29 is 9.53 Å². The van der Waals surface area contributed by atoms with Gasteiger partial charge >= 0.3 is 0 Å². The first-order valence-corrected chi connectivity index (χ1v) is 8.47. The minimum absolute atomic E-state index is 0. The predicted octanol–water partition coefficient (Wildman–Crippen LogP) is 4.04. The molecule has 2 aromatic rings. The molecule has 1 aliphatic rings. The fraction of sp³-hybridized carbons (Fsp3) is 0.350. The fourth-order valence-electron chi connectivity index (χ4n) is 2.78. The minimum Gasteiger partial charge on any atom is -0.484 e. The van der Waals surface area contributed by atoms with Crippen molar-refractivity contribution in [1.82, 2.24) is 5.32 Å². The molecule has 0 aliphatic carbocycles. The molecule has 0 bridgehead atoms. The maximum absolute atomic E-state index is 12.5. The summed E-state index contributed by atoms with van der Waals surface area (Å²) in [7, 11) is 0. The molecule has 25 heavy (non-hydrogen) atoms. The van der Waals surface area contributed by atoms with Crippen LogP contribution >= 0.6 is 12.4 Å². The van der Waals surface area contributed by atoms with E-state index in [4.69, 9.17) is 4.74 Å². The zero-order valence-corrected chi connectivity index (χ0v) is 15.4. The second-order valence-electron chi connectivity index (χ2n) is 6.36. The predicted molar refractivity (Wildman–Crippen MR) is 103 cm³/mol. The Bertz CT molecular complexity index is 689. The summed E-state index contributed by atoms with van der Waals surface area (Å²) in [5, 5.41) is 6.24. The molecule has 0 spiro atoms. The van der Waals surface area contributed by atoms with Crippen LogP contribution in [-0.2, 0) is 4.79 Å². The van der Waals surface area contributed by atoms with Crippen molar-refractivity contribution in [3.05, 3.63) is 60.2 Å². The average Bonchev–Trinajstić information content (AvgIpc) is 2.55. The van der Waals surface area contributed by atoms with Gasteiger partial charge in [-0.05, 0) is 43.6 Å². The van der Waals surface area contributed by atoms with E-state index in [0.29, 0.717) is 11.7 Å². The summed E-state index contributed by atoms with van der Waals surface area (Å²) in [6.07, 6.45) is -0.0856. The van der Waals surface area contributed by atoms with Gasteiger partial charge in [0.05, 0.1) is 5.69 Å². The second kappa shape index (κ2) is 8.88. The first kappa shape index (κ1) is 19.3. The molecule has 0 radical (unpaired) electrons. The highest BCUT2D eigenvalue weighted by Crippen LogP contribution is 2.30. The van der Waals surface area contributed by atoms with Gasteiger partial charge in [0.15, 0.2) is 0 Å². The van der Waals surface area contributed by atoms with E-state index >= 15 is 0 Å². The fourth-order valence-corrected chi connectivity index (χ4v) is 2.78. The van der Waals surface area contributed by atoms with Crippen molar-refractivity contribution in [1.29, 1.82) is 0 Å². The van der Waals surface area contributed by atoms with Gasteiger partial charge in [0.2, 0.25) is 5.91 Å². The molecule has 0 aromatic heterocycles. The quantitative estimate of drug-likeness (QED) is 0.817. The van der Waals surface area contributed by atoms with Crippen LogP contribution in [0, 0.1) is 11.8 Å². The lowest BCUT2D eigenvalue weighted by molar-refractivity contribution is -0.121. The number of carbonyl (C=O) groups excluding carboxylic acids is 1. The van der Waals surface area contributed by atoms with Gasteiger partial charge in [-0.15, -0.1) is 12.4 Å². The lowest BCUT2D eigenvalue weighted by Crippen LogP contribution is -2.48. The van der Waals surface area contributed by atoms with Crippen LogP contribution in [0.25, 0.3) is 0 Å². The maximum Gasteiger partial charge on any atom is 0.227 e. The molecular formula is C20H25ClN2O2. The summed E-state index contributed by atoms with van der Waals surface area (Å²) in [5.41, 5.74) is 1.83. The van der Waals surface area contributed by atoms with E-state index in [0.717, 1.165) is 24.3 Å². The molecule has 2 aromatic carbocycles. The number of benzene rings is 2. The number of anilines is 1. The van der Waals surface area contributed by atoms with Gasteiger partial charge in [0, 0.05) is 5.92 Å². The lowest BCUT2D eigenvalue weighted by Gasteiger charge is -2.31. The molecule has 1 amide bonds. The van der Waals surface area contributed by atoms with Gasteiger partial charge in [-0.3, -0.25) is 4.79 Å². The second-order valence-corrected chi connectivity index (χ2v) is 6.36. The molecule has 0 saturated carbocycles. The monoisotopic (exact) mass is 360 g/mol. The molecule has 4 nitrogen and oxygen atoms in total. The molecule has 1 heterocycles. The Morgan fingerprint density at radius 3 is 2.36 bits per heavy atom. The number of hydrogen-bond donors (Lipinski definition) is 2. The Morgan fingerprint density at radius 2 is 1.72 bits per heavy atom. The molecule has 2 N–H and O–H groups in total. The molecule has 2 atom stereocenters. The average molecular weight is 361 g/mol. The normalized spacial score (nSPS) is 16.1. The highest BCUT2D eigenvalue weighted by atomic mass is 35.5. The van der Waals surface area contributed by atoms with Crippen molar-refractivity contribution in [3.63, 3.8) is 0 Å². The molecule has 5 heteroatoms. The lowest BCUT2D eigenvalue weighted by atomic mass is 9.88. The first-order chi connectivity index (χ1) is 11.6. The van der Waals surface area contributed by atoms with E-state index < -0.39 is 0 Å². The number of halogens is 1. The third kappa shape index (κ3) is 4.74. The molecule has 2 unspecified atom stereocenters. The van der Waals surface area contributed by atoms with Crippen LogP contribution in [-0.4, -0.2) is 19.0 Å². The number of para-hydroxylation sites is 2. The Labute approximate surface area is 155 Å². The van der Waals surface area contributed by atoms with E-state index in [1.165, 1.54) is 0 Å². The van der Waals surface area contributed by atoms with Gasteiger partial charge in [-0.25, -0.2) is 0 Å². The van der Waals surface area contributed by atoms with Crippen molar-refractivity contribution in [2.45, 2.75) is 20.0 Å². The maximum atomic E-state index is 12.5. The number of ether oxygens (including phenoxy) is 1. The summed E-state index contributed by atoms with van der Waals surface area (Å²) >= 11 is 0. The minimum atomic E-state index is -0.0856. The van der Waals surface area contributed by atoms with Crippen LogP contribution in [0.15, 0.2) is 54.6 Å². The molecule has 1 aliphatic heterocycles. The Balaban J connectivity index is 0.00000225. The SMILES string of the molecule is CC(Oc1ccccc1NC(=O)C(C)C1CNC1)c1ccccc1.Cl. The summed E-state index contributed by atoms with van der Waals surface area (Å²) < 4.78 is 6.09. The summed E-state index contributed by atoms with van der Waals surface area (Å²) in [5.74, 6) is 1.15. The smallest absolute Gasteiger partial charge is 0.227 e. The number of carbonyl (C=O) groups is 1. The molecular weight excluding hydrogens is 336 g/mol. The van der Waals surface area contributed by atoms with Crippen LogP contribution in [0.2, 0.25) is 0 Å². The van der Waals surface area contributed by atoms with Crippen molar-refractivity contribution >= 4 is 24.0 Å². The van der Waals surface area contributed by atoms with Crippen LogP contribution in [0.5, 0.6) is 5.75 Å². The van der Waals surface area contributed by atoms with Crippen LogP contribution < -0.4 is 15.4 Å². The van der Waals surface area contributed by atoms with Crippen molar-refractivity contribution in [2.75, 3.05) is 18.4 Å². The first-order valence-electron chi connectivity index (χ1n) is 8.47. The summed E-state index contributed by atoms with van der Waals surface area (Å²) in [4.78, 5) is 12.5. The Morgan fingerprint density at radius 1 is 1.08 bits per heavy atom. The van der Waals surface area contributed by atoms with Crippen LogP contribution in [0.4, 0.5) is 5.69 Å². The third-order valence-electron chi connectivity index (χ3n) is 4.65. The van der Waals surface area contributed by atoms with Crippen LogP contribution in [0.1, 0.15) is 25.5 Å². The highest BCUT2D eigenvalue weighted by molar-refractivity contribution is 5.94. The summed E-state index contributed by atoms with van der Waals surface area (Å²) in [6.45, 7) is 5.82. The summed E-state index contributed by atoms with van der Waals surface area (Å²) in [6, 6.07) is 17.7. The van der Waals surface area contributed by atoms with Gasteiger partial charge in [0.25, 0.3) is 0 Å². The van der Waals surface area contributed by atoms with Crippen LogP contribution in [0.3, 0.4) is 0 Å². The zero-order chi connectivity index (χ0) is 16.9. The molecule has 3 rings (SSSR count). The van der Waals surface area contributed by atoms with E-state index in [9.17, 15) is 4.79 Å². The standard InChI is InChI=1S/C20H24N2O2.ClH/c1-14(17-12-21-13-17)20(23)22-18-10-6-7-11-19(18)24-15(2)16-8-4-3-5-9-16;/h3-11,14-15,17,21H,12-13H2,1-2H3,(H,22,23);1H. The Kier molecular flexibility index (Phi) is 6.85. The Hall–Kier alpha value is -2.04. The van der Waals surface area contributed by atoms with E-state index in [1.807, 2.05) is 68.4 Å². The van der Waals surface area contributed by atoms with Gasteiger partial charge in [0.1, 0.15) is 11.9 Å². The zero-order valence-electron chi connectivity index (χ0n) is 14.6. The molecule has 134 valence electrons. The molecule has 1 fully saturated rings. The van der Waals surface area contributed by atoms with Gasteiger partial charge in [-0.2, -0.15) is 0 Å². The van der Waals surface area contributed by atoms with E-state index in [-0.39, 0.29) is 30.3 Å². The topological polar surface area (TPSA) is 50.4 Å². The highest BCUT2D eigenvalue weighted by Gasteiger charge is 2.29. The van der Waals surface area contributed by atoms with Gasteiger partial charge in [-0.1, -0.05) is 49.4 Å². The van der Waals surface area contributed by atoms with Crippen molar-refractivity contribution in [2.24, 2.45) is 11.8 Å². The number of rotatable bonds is 6. The number of hydrogen-bond acceptors (Lipinski definition) is 3. The molecule has 1 saturated heterocycles. The van der Waals surface area contributed by atoms with Gasteiger partial charge < -0.3 is 15.4 Å². The van der Waals surface area contributed by atoms with E-state index in [1.54, 1.807) is 0 Å². The van der Waals surface area contributed by atoms with Crippen molar-refractivity contribution in [3.8, 4) is 5.75 Å². The largest absolute Gasteiger partial charge is 0.484 e.